The highest BCUT2D eigenvalue weighted by Crippen LogP contribution is 2.30. The van der Waals surface area contributed by atoms with E-state index in [9.17, 15) is 13.2 Å². The van der Waals surface area contributed by atoms with Gasteiger partial charge < -0.3 is 10.2 Å². The van der Waals surface area contributed by atoms with Crippen LogP contribution in [0.1, 0.15) is 28.8 Å². The second-order valence-corrected chi connectivity index (χ2v) is 8.43. The fourth-order valence-corrected chi connectivity index (χ4v) is 4.78. The second kappa shape index (κ2) is 6.77. The standard InChI is InChI=1S/C19H20N4O3S/c1-13-11-20-9-8-15(13)19(24)23-10-4-5-14(12-23)18-21-16-6-2-3-7-17(16)27(25,26)22-18/h2-3,6-9,11,14H,4-5,10,12H2,1H3,(H,21,22)/t14-/m0/s1. The minimum atomic E-state index is -3.72. The van der Waals surface area contributed by atoms with Crippen LogP contribution in [0.3, 0.4) is 0 Å². The van der Waals surface area contributed by atoms with E-state index in [-0.39, 0.29) is 16.7 Å². The number of likely N-dealkylation sites (tertiary alicyclic amines) is 1. The van der Waals surface area contributed by atoms with E-state index < -0.39 is 10.0 Å². The molecule has 7 nitrogen and oxygen atoms in total. The molecule has 1 amide bonds. The maximum Gasteiger partial charge on any atom is 0.286 e. The van der Waals surface area contributed by atoms with Gasteiger partial charge in [0.1, 0.15) is 10.7 Å². The molecule has 0 unspecified atom stereocenters. The molecule has 0 aliphatic carbocycles. The van der Waals surface area contributed by atoms with E-state index in [4.69, 9.17) is 0 Å². The first-order valence-electron chi connectivity index (χ1n) is 8.86. The van der Waals surface area contributed by atoms with Gasteiger partial charge in [-0.05, 0) is 43.5 Å². The molecule has 2 aliphatic heterocycles. The number of aromatic nitrogens is 1. The van der Waals surface area contributed by atoms with Crippen molar-refractivity contribution >= 4 is 27.5 Å². The highest BCUT2D eigenvalue weighted by Gasteiger charge is 2.33. The fraction of sp³-hybridized carbons (Fsp3) is 0.316. The molecule has 140 valence electrons. The first-order chi connectivity index (χ1) is 13.0. The van der Waals surface area contributed by atoms with Crippen LogP contribution in [-0.4, -0.2) is 43.1 Å². The van der Waals surface area contributed by atoms with E-state index in [2.05, 4.69) is 14.7 Å². The summed E-state index contributed by atoms with van der Waals surface area (Å²) in [5.74, 6) is 0.213. The van der Waals surface area contributed by atoms with Crippen molar-refractivity contribution in [2.75, 3.05) is 18.4 Å². The molecule has 3 heterocycles. The number of piperidine rings is 1. The van der Waals surface area contributed by atoms with Crippen molar-refractivity contribution in [3.05, 3.63) is 53.9 Å². The number of nitrogens with one attached hydrogen (secondary N) is 1. The molecule has 2 aliphatic rings. The van der Waals surface area contributed by atoms with E-state index in [0.29, 0.717) is 30.2 Å². The van der Waals surface area contributed by atoms with Gasteiger partial charge in [0, 0.05) is 37.0 Å². The average Bonchev–Trinajstić information content (AvgIpc) is 2.67. The number of hydrogen-bond donors (Lipinski definition) is 1. The van der Waals surface area contributed by atoms with Crippen LogP contribution in [0.25, 0.3) is 0 Å². The van der Waals surface area contributed by atoms with Gasteiger partial charge in [-0.1, -0.05) is 12.1 Å². The third kappa shape index (κ3) is 3.32. The molecule has 4 rings (SSSR count). The number of aryl methyl sites for hydroxylation is 1. The number of nitrogens with zero attached hydrogens (tertiary/aromatic N) is 3. The molecular formula is C19H20N4O3S. The topological polar surface area (TPSA) is 91.7 Å². The quantitative estimate of drug-likeness (QED) is 0.859. The summed E-state index contributed by atoms with van der Waals surface area (Å²) in [4.78, 5) is 18.9. The number of fused-ring (bicyclic) bond motifs is 1. The Morgan fingerprint density at radius 3 is 2.89 bits per heavy atom. The van der Waals surface area contributed by atoms with Crippen LogP contribution in [0, 0.1) is 12.8 Å². The zero-order valence-electron chi connectivity index (χ0n) is 14.9. The molecule has 1 aromatic heterocycles. The second-order valence-electron chi connectivity index (χ2n) is 6.85. The largest absolute Gasteiger partial charge is 0.342 e. The summed E-state index contributed by atoms with van der Waals surface area (Å²) in [6, 6.07) is 8.46. The zero-order valence-corrected chi connectivity index (χ0v) is 15.7. The van der Waals surface area contributed by atoms with E-state index in [0.717, 1.165) is 18.4 Å². The smallest absolute Gasteiger partial charge is 0.286 e. The third-order valence-corrected chi connectivity index (χ3v) is 6.34. The summed E-state index contributed by atoms with van der Waals surface area (Å²) in [6.45, 7) is 2.94. The van der Waals surface area contributed by atoms with Crippen molar-refractivity contribution in [1.82, 2.24) is 9.88 Å². The van der Waals surface area contributed by atoms with Crippen LogP contribution in [0.5, 0.6) is 0 Å². The number of benzene rings is 1. The van der Waals surface area contributed by atoms with Crippen molar-refractivity contribution in [1.29, 1.82) is 0 Å². The molecule has 27 heavy (non-hydrogen) atoms. The lowest BCUT2D eigenvalue weighted by Crippen LogP contribution is -2.44. The number of sulfonamides is 1. The van der Waals surface area contributed by atoms with Gasteiger partial charge in [0.05, 0.1) is 5.69 Å². The van der Waals surface area contributed by atoms with E-state index in [1.165, 1.54) is 0 Å². The van der Waals surface area contributed by atoms with Gasteiger partial charge in [-0.2, -0.15) is 8.42 Å². The molecule has 0 saturated carbocycles. The molecule has 2 aromatic rings. The van der Waals surface area contributed by atoms with Crippen LogP contribution in [0.2, 0.25) is 0 Å². The van der Waals surface area contributed by atoms with Gasteiger partial charge in [-0.15, -0.1) is 4.40 Å². The van der Waals surface area contributed by atoms with Crippen molar-refractivity contribution in [2.45, 2.75) is 24.7 Å². The number of amides is 1. The zero-order chi connectivity index (χ0) is 19.0. The number of carbonyl (C=O) groups excluding carboxylic acids is 1. The van der Waals surface area contributed by atoms with E-state index in [1.54, 1.807) is 47.6 Å². The summed E-state index contributed by atoms with van der Waals surface area (Å²) in [5, 5.41) is 3.16. The Morgan fingerprint density at radius 1 is 1.26 bits per heavy atom. The lowest BCUT2D eigenvalue weighted by molar-refractivity contribution is 0.0702. The van der Waals surface area contributed by atoms with Gasteiger partial charge in [0.15, 0.2) is 0 Å². The Hall–Kier alpha value is -2.74. The molecule has 0 bridgehead atoms. The van der Waals surface area contributed by atoms with Crippen molar-refractivity contribution < 1.29 is 13.2 Å². The lowest BCUT2D eigenvalue weighted by Gasteiger charge is -2.34. The summed E-state index contributed by atoms with van der Waals surface area (Å²) < 4.78 is 29.0. The molecule has 0 radical (unpaired) electrons. The molecule has 1 atom stereocenters. The van der Waals surface area contributed by atoms with E-state index >= 15 is 0 Å². The van der Waals surface area contributed by atoms with E-state index in [1.807, 2.05) is 6.92 Å². The average molecular weight is 384 g/mol. The third-order valence-electron chi connectivity index (χ3n) is 4.99. The maximum absolute atomic E-state index is 12.9. The maximum atomic E-state index is 12.9. The Bertz CT molecular complexity index is 1030. The first-order valence-corrected chi connectivity index (χ1v) is 10.3. The van der Waals surface area contributed by atoms with Gasteiger partial charge in [-0.25, -0.2) is 0 Å². The molecule has 1 N–H and O–H groups in total. The number of hydrogen-bond acceptors (Lipinski definition) is 5. The Morgan fingerprint density at radius 2 is 2.07 bits per heavy atom. The lowest BCUT2D eigenvalue weighted by atomic mass is 9.95. The van der Waals surface area contributed by atoms with Crippen LogP contribution in [0.4, 0.5) is 5.69 Å². The molecule has 0 spiro atoms. The number of pyridine rings is 1. The SMILES string of the molecule is Cc1cnccc1C(=O)N1CCC[C@H](C2=NS(=O)(=O)c3ccccc3N2)C1. The monoisotopic (exact) mass is 384 g/mol. The summed E-state index contributed by atoms with van der Waals surface area (Å²) in [7, 11) is -3.72. The minimum Gasteiger partial charge on any atom is -0.342 e. The Balaban J connectivity index is 1.58. The highest BCUT2D eigenvalue weighted by atomic mass is 32.2. The Labute approximate surface area is 158 Å². The number of para-hydroxylation sites is 1. The van der Waals surface area contributed by atoms with Crippen LogP contribution in [-0.2, 0) is 10.0 Å². The number of carbonyl (C=O) groups is 1. The van der Waals surface area contributed by atoms with Gasteiger partial charge >= 0.3 is 0 Å². The van der Waals surface area contributed by atoms with Gasteiger partial charge in [0.2, 0.25) is 0 Å². The molecule has 8 heteroatoms. The highest BCUT2D eigenvalue weighted by molar-refractivity contribution is 7.90. The summed E-state index contributed by atoms with van der Waals surface area (Å²) in [5.41, 5.74) is 1.99. The predicted octanol–water partition coefficient (Wildman–Crippen LogP) is 2.46. The number of anilines is 1. The molecular weight excluding hydrogens is 364 g/mol. The molecule has 1 fully saturated rings. The Kier molecular flexibility index (Phi) is 4.43. The van der Waals surface area contributed by atoms with Gasteiger partial charge in [0.25, 0.3) is 15.9 Å². The van der Waals surface area contributed by atoms with Crippen LogP contribution >= 0.6 is 0 Å². The number of rotatable bonds is 2. The normalized spacial score (nSPS) is 21.0. The molecule has 1 saturated heterocycles. The van der Waals surface area contributed by atoms with Crippen LogP contribution < -0.4 is 5.32 Å². The summed E-state index contributed by atoms with van der Waals surface area (Å²) >= 11 is 0. The molecule has 1 aromatic carbocycles. The summed E-state index contributed by atoms with van der Waals surface area (Å²) in [6.07, 6.45) is 4.86. The van der Waals surface area contributed by atoms with Crippen molar-refractivity contribution in [3.8, 4) is 0 Å². The van der Waals surface area contributed by atoms with Crippen molar-refractivity contribution in [3.63, 3.8) is 0 Å². The predicted molar refractivity (Wildman–Crippen MR) is 102 cm³/mol. The minimum absolute atomic E-state index is 0.0562. The van der Waals surface area contributed by atoms with Gasteiger partial charge in [-0.3, -0.25) is 9.78 Å². The first kappa shape index (κ1) is 17.7. The van der Waals surface area contributed by atoms with Crippen molar-refractivity contribution in [2.24, 2.45) is 10.3 Å². The van der Waals surface area contributed by atoms with Crippen LogP contribution in [0.15, 0.2) is 52.0 Å². The number of amidine groups is 1. The fourth-order valence-electron chi connectivity index (χ4n) is 3.58.